The predicted octanol–water partition coefficient (Wildman–Crippen LogP) is 1.40. The van der Waals surface area contributed by atoms with Gasteiger partial charge >= 0.3 is 0 Å². The molecule has 100 valence electrons. The smallest absolute Gasteiger partial charge is 0.274 e. The van der Waals surface area contributed by atoms with E-state index in [1.54, 1.807) is 6.92 Å². The first-order valence-corrected chi connectivity index (χ1v) is 7.27. The Balaban J connectivity index is 3.18. The normalized spacial score (nSPS) is 11.3. The number of nitrogens with zero attached hydrogens (tertiary/aromatic N) is 1. The lowest BCUT2D eigenvalue weighted by Gasteiger charge is -2.09. The summed E-state index contributed by atoms with van der Waals surface area (Å²) in [4.78, 5) is 10.2. The largest absolute Gasteiger partial charge is 0.395 e. The number of anilines is 1. The van der Waals surface area contributed by atoms with Gasteiger partial charge in [0.15, 0.2) is 0 Å². The molecule has 0 aliphatic rings. The van der Waals surface area contributed by atoms with E-state index in [-0.39, 0.29) is 11.4 Å². The minimum absolute atomic E-state index is 0.0701. The summed E-state index contributed by atoms with van der Waals surface area (Å²) < 4.78 is 25.5. The van der Waals surface area contributed by atoms with Gasteiger partial charge in [-0.1, -0.05) is 0 Å². The number of aliphatic hydroxyl groups excluding tert-OH is 1. The van der Waals surface area contributed by atoms with Crippen LogP contribution in [-0.4, -0.2) is 30.8 Å². The van der Waals surface area contributed by atoms with Crippen LogP contribution < -0.4 is 4.72 Å². The standard InChI is InChI=1S/C9H11BrN2O5S/c1-6-4-7(10)8(5-9(6)12(14)15)11-18(16,17)3-2-13/h4-5,11,13H,2-3H2,1H3. The van der Waals surface area contributed by atoms with Crippen LogP contribution in [0.5, 0.6) is 0 Å². The molecular weight excluding hydrogens is 328 g/mol. The van der Waals surface area contributed by atoms with E-state index in [0.717, 1.165) is 6.07 Å². The van der Waals surface area contributed by atoms with E-state index in [1.165, 1.54) is 6.07 Å². The van der Waals surface area contributed by atoms with Gasteiger partial charge in [0.2, 0.25) is 10.0 Å². The molecule has 0 atom stereocenters. The number of benzene rings is 1. The van der Waals surface area contributed by atoms with Crippen molar-refractivity contribution in [2.24, 2.45) is 0 Å². The van der Waals surface area contributed by atoms with Crippen molar-refractivity contribution in [3.05, 3.63) is 32.3 Å². The van der Waals surface area contributed by atoms with Crippen LogP contribution in [0.4, 0.5) is 11.4 Å². The molecule has 0 radical (unpaired) electrons. The first-order chi connectivity index (χ1) is 8.26. The Kier molecular flexibility index (Phi) is 4.65. The zero-order chi connectivity index (χ0) is 13.9. The van der Waals surface area contributed by atoms with Gasteiger partial charge in [-0.25, -0.2) is 8.42 Å². The average molecular weight is 339 g/mol. The second-order valence-electron chi connectivity index (χ2n) is 3.52. The summed E-state index contributed by atoms with van der Waals surface area (Å²) in [5.74, 6) is -0.471. The third-order valence-corrected chi connectivity index (χ3v) is 4.01. The van der Waals surface area contributed by atoms with Gasteiger partial charge in [0.05, 0.1) is 23.0 Å². The second kappa shape index (κ2) is 5.63. The minimum Gasteiger partial charge on any atom is -0.395 e. The number of nitro benzene ring substituents is 1. The molecule has 0 aromatic heterocycles. The van der Waals surface area contributed by atoms with Gasteiger partial charge in [0.25, 0.3) is 5.69 Å². The minimum atomic E-state index is -3.72. The number of aryl methyl sites for hydroxylation is 1. The van der Waals surface area contributed by atoms with Crippen LogP contribution in [0.25, 0.3) is 0 Å². The van der Waals surface area contributed by atoms with Crippen molar-refractivity contribution in [1.82, 2.24) is 0 Å². The zero-order valence-corrected chi connectivity index (χ0v) is 11.8. The van der Waals surface area contributed by atoms with Crippen LogP contribution in [0.3, 0.4) is 0 Å². The highest BCUT2D eigenvalue weighted by Gasteiger charge is 2.17. The number of hydrogen-bond donors (Lipinski definition) is 2. The maximum atomic E-state index is 11.5. The summed E-state index contributed by atoms with van der Waals surface area (Å²) in [5, 5.41) is 19.3. The summed E-state index contributed by atoms with van der Waals surface area (Å²) in [6, 6.07) is 2.59. The van der Waals surface area contributed by atoms with Crippen molar-refractivity contribution in [3.8, 4) is 0 Å². The van der Waals surface area contributed by atoms with Gasteiger partial charge < -0.3 is 5.11 Å². The first-order valence-electron chi connectivity index (χ1n) is 4.82. The maximum absolute atomic E-state index is 11.5. The van der Waals surface area contributed by atoms with E-state index in [2.05, 4.69) is 20.7 Å². The summed E-state index contributed by atoms with van der Waals surface area (Å²) in [7, 11) is -3.72. The molecule has 0 saturated carbocycles. The molecule has 1 aromatic carbocycles. The predicted molar refractivity (Wildman–Crippen MR) is 70.0 cm³/mol. The monoisotopic (exact) mass is 338 g/mol. The van der Waals surface area contributed by atoms with E-state index in [0.29, 0.717) is 10.0 Å². The Bertz CT molecular complexity index is 573. The molecule has 0 aliphatic heterocycles. The molecule has 18 heavy (non-hydrogen) atoms. The number of rotatable bonds is 5. The van der Waals surface area contributed by atoms with Gasteiger partial charge in [-0.15, -0.1) is 0 Å². The molecule has 0 aliphatic carbocycles. The molecule has 2 N–H and O–H groups in total. The maximum Gasteiger partial charge on any atom is 0.274 e. The molecule has 0 amide bonds. The summed E-state index contributed by atoms with van der Waals surface area (Å²) >= 11 is 3.12. The molecule has 9 heteroatoms. The lowest BCUT2D eigenvalue weighted by Crippen LogP contribution is -2.19. The number of aliphatic hydroxyl groups is 1. The molecule has 1 rings (SSSR count). The van der Waals surface area contributed by atoms with Gasteiger partial charge in [-0.3, -0.25) is 14.8 Å². The molecule has 0 saturated heterocycles. The molecule has 7 nitrogen and oxygen atoms in total. The molecule has 0 spiro atoms. The second-order valence-corrected chi connectivity index (χ2v) is 6.22. The summed E-state index contributed by atoms with van der Waals surface area (Å²) in [6.45, 7) is 1.02. The molecule has 0 heterocycles. The van der Waals surface area contributed by atoms with E-state index < -0.39 is 27.3 Å². The number of hydrogen-bond acceptors (Lipinski definition) is 5. The topological polar surface area (TPSA) is 110 Å². The van der Waals surface area contributed by atoms with Crippen molar-refractivity contribution >= 4 is 37.3 Å². The van der Waals surface area contributed by atoms with Crippen molar-refractivity contribution < 1.29 is 18.4 Å². The van der Waals surface area contributed by atoms with Crippen LogP contribution in [-0.2, 0) is 10.0 Å². The van der Waals surface area contributed by atoms with Crippen LogP contribution in [0.1, 0.15) is 5.56 Å². The van der Waals surface area contributed by atoms with Crippen molar-refractivity contribution in [2.75, 3.05) is 17.1 Å². The quantitative estimate of drug-likeness (QED) is 0.622. The fraction of sp³-hybridized carbons (Fsp3) is 0.333. The Morgan fingerprint density at radius 2 is 2.11 bits per heavy atom. The van der Waals surface area contributed by atoms with E-state index in [9.17, 15) is 18.5 Å². The van der Waals surface area contributed by atoms with Crippen LogP contribution >= 0.6 is 15.9 Å². The SMILES string of the molecule is Cc1cc(Br)c(NS(=O)(=O)CCO)cc1[N+](=O)[O-]. The van der Waals surface area contributed by atoms with Gasteiger partial charge in [0.1, 0.15) is 0 Å². The highest BCUT2D eigenvalue weighted by Crippen LogP contribution is 2.31. The van der Waals surface area contributed by atoms with Gasteiger partial charge in [0, 0.05) is 16.1 Å². The number of nitrogens with one attached hydrogen (secondary N) is 1. The van der Waals surface area contributed by atoms with E-state index >= 15 is 0 Å². The lowest BCUT2D eigenvalue weighted by molar-refractivity contribution is -0.385. The lowest BCUT2D eigenvalue weighted by atomic mass is 10.2. The molecule has 0 bridgehead atoms. The molecule has 1 aromatic rings. The summed E-state index contributed by atoms with van der Waals surface area (Å²) in [6.07, 6.45) is 0. The molecule has 0 unspecified atom stereocenters. The third kappa shape index (κ3) is 3.65. The highest BCUT2D eigenvalue weighted by atomic mass is 79.9. The number of sulfonamides is 1. The number of nitro groups is 1. The first kappa shape index (κ1) is 14.9. The van der Waals surface area contributed by atoms with Crippen LogP contribution in [0.15, 0.2) is 16.6 Å². The van der Waals surface area contributed by atoms with Crippen molar-refractivity contribution in [2.45, 2.75) is 6.92 Å². The number of halogens is 1. The van der Waals surface area contributed by atoms with Crippen molar-refractivity contribution in [3.63, 3.8) is 0 Å². The molecule has 0 fully saturated rings. The summed E-state index contributed by atoms with van der Waals surface area (Å²) in [5.41, 5.74) is 0.303. The van der Waals surface area contributed by atoms with Crippen LogP contribution in [0.2, 0.25) is 0 Å². The fourth-order valence-electron chi connectivity index (χ4n) is 1.27. The third-order valence-electron chi connectivity index (χ3n) is 2.11. The zero-order valence-electron chi connectivity index (χ0n) is 9.38. The van der Waals surface area contributed by atoms with E-state index in [4.69, 9.17) is 5.11 Å². The Labute approximate surface area is 112 Å². The van der Waals surface area contributed by atoms with Gasteiger partial charge in [-0.2, -0.15) is 0 Å². The fourth-order valence-corrected chi connectivity index (χ4v) is 2.81. The Morgan fingerprint density at radius 1 is 1.50 bits per heavy atom. The molecular formula is C9H11BrN2O5S. The van der Waals surface area contributed by atoms with Gasteiger partial charge in [-0.05, 0) is 28.9 Å². The van der Waals surface area contributed by atoms with E-state index in [1.807, 2.05) is 0 Å². The van der Waals surface area contributed by atoms with Crippen LogP contribution in [0, 0.1) is 17.0 Å². The Morgan fingerprint density at radius 3 is 2.61 bits per heavy atom. The highest BCUT2D eigenvalue weighted by molar-refractivity contribution is 9.10. The Hall–Kier alpha value is -1.19. The van der Waals surface area contributed by atoms with Crippen molar-refractivity contribution in [1.29, 1.82) is 0 Å². The average Bonchev–Trinajstić information content (AvgIpc) is 2.21.